The molecule has 1 aromatic heterocycles. The van der Waals surface area contributed by atoms with Crippen molar-refractivity contribution in [1.82, 2.24) is 0 Å². The summed E-state index contributed by atoms with van der Waals surface area (Å²) >= 11 is 6.71. The molecule has 1 heterocycles. The number of carbonyl (C=O) groups excluding carboxylic acids is 2. The van der Waals surface area contributed by atoms with E-state index in [1.54, 1.807) is 24.3 Å². The summed E-state index contributed by atoms with van der Waals surface area (Å²) in [6.45, 7) is 3.28. The number of halogens is 1. The van der Waals surface area contributed by atoms with Crippen LogP contribution in [0.5, 0.6) is 0 Å². The monoisotopic (exact) mass is 478 g/mol. The fraction of sp³-hybridized carbons (Fsp3) is 0.143. The van der Waals surface area contributed by atoms with E-state index in [2.05, 4.69) is 10.0 Å². The first-order chi connectivity index (χ1) is 14.7. The molecule has 0 radical (unpaired) electrons. The molecule has 0 saturated carbocycles. The van der Waals surface area contributed by atoms with E-state index in [0.717, 1.165) is 16.9 Å². The average molecular weight is 479 g/mol. The van der Waals surface area contributed by atoms with E-state index in [1.165, 1.54) is 31.2 Å². The van der Waals surface area contributed by atoms with Gasteiger partial charge in [-0.1, -0.05) is 41.9 Å². The Kier molecular flexibility index (Phi) is 6.99. The van der Waals surface area contributed by atoms with Crippen LogP contribution in [-0.4, -0.2) is 26.4 Å². The second kappa shape index (κ2) is 9.51. The van der Waals surface area contributed by atoms with E-state index >= 15 is 0 Å². The van der Waals surface area contributed by atoms with Gasteiger partial charge in [0.05, 0.1) is 15.6 Å². The number of carbonyl (C=O) groups is 2. The second-order valence-corrected chi connectivity index (χ2v) is 10.2. The summed E-state index contributed by atoms with van der Waals surface area (Å²) in [5.41, 5.74) is 1.48. The molecular formula is C21H19ClN2O5S2. The van der Waals surface area contributed by atoms with Crippen molar-refractivity contribution in [3.63, 3.8) is 0 Å². The number of esters is 1. The highest BCUT2D eigenvalue weighted by Gasteiger charge is 2.24. The normalized spacial score (nSPS) is 12.1. The van der Waals surface area contributed by atoms with Crippen LogP contribution in [0.2, 0.25) is 4.34 Å². The number of hydrogen-bond acceptors (Lipinski definition) is 6. The van der Waals surface area contributed by atoms with Gasteiger partial charge in [-0.2, -0.15) is 0 Å². The van der Waals surface area contributed by atoms with Gasteiger partial charge in [0.2, 0.25) is 0 Å². The number of thiophene rings is 1. The number of sulfonamides is 1. The van der Waals surface area contributed by atoms with Crippen molar-refractivity contribution in [3.05, 3.63) is 76.1 Å². The molecule has 0 bridgehead atoms. The first kappa shape index (κ1) is 22.8. The maximum absolute atomic E-state index is 12.7. The number of amides is 1. The minimum Gasteiger partial charge on any atom is -0.449 e. The zero-order valence-corrected chi connectivity index (χ0v) is 19.0. The standard InChI is InChI=1S/C21H19ClN2O5S2/c1-13-7-3-5-9-16(13)23-20(25)14(2)29-21(26)15-8-4-6-10-17(15)24-31(27,28)19-12-11-18(22)30-19/h3-12,14,24H,1-2H3,(H,23,25). The Labute approximate surface area is 189 Å². The molecule has 0 spiro atoms. The topological polar surface area (TPSA) is 102 Å². The number of hydrogen-bond donors (Lipinski definition) is 2. The Morgan fingerprint density at radius 3 is 2.29 bits per heavy atom. The van der Waals surface area contributed by atoms with E-state index < -0.39 is 28.0 Å². The molecule has 10 heteroatoms. The van der Waals surface area contributed by atoms with Crippen LogP contribution >= 0.6 is 22.9 Å². The number of rotatable bonds is 7. The number of nitrogens with one attached hydrogen (secondary N) is 2. The minimum atomic E-state index is -3.94. The quantitative estimate of drug-likeness (QED) is 0.479. The van der Waals surface area contributed by atoms with Gasteiger partial charge in [0, 0.05) is 5.69 Å². The van der Waals surface area contributed by atoms with Crippen LogP contribution in [0.1, 0.15) is 22.8 Å². The lowest BCUT2D eigenvalue weighted by molar-refractivity contribution is -0.123. The Hall–Kier alpha value is -2.88. The predicted molar refractivity (Wildman–Crippen MR) is 121 cm³/mol. The SMILES string of the molecule is Cc1ccccc1NC(=O)C(C)OC(=O)c1ccccc1NS(=O)(=O)c1ccc(Cl)s1. The van der Waals surface area contributed by atoms with Gasteiger partial charge < -0.3 is 10.1 Å². The summed E-state index contributed by atoms with van der Waals surface area (Å²) in [6, 6.07) is 16.0. The highest BCUT2D eigenvalue weighted by molar-refractivity contribution is 7.94. The third-order valence-corrected chi connectivity index (χ3v) is 7.35. The molecule has 0 aliphatic heterocycles. The predicted octanol–water partition coefficient (Wildman–Crippen LogP) is 4.69. The van der Waals surface area contributed by atoms with E-state index in [9.17, 15) is 18.0 Å². The fourth-order valence-electron chi connectivity index (χ4n) is 2.61. The number of anilines is 2. The largest absolute Gasteiger partial charge is 0.449 e. The van der Waals surface area contributed by atoms with Gasteiger partial charge in [0.25, 0.3) is 15.9 Å². The van der Waals surface area contributed by atoms with Crippen LogP contribution in [0.4, 0.5) is 11.4 Å². The van der Waals surface area contributed by atoms with Crippen molar-refractivity contribution in [1.29, 1.82) is 0 Å². The molecule has 2 aromatic carbocycles. The molecule has 0 fully saturated rings. The molecule has 2 N–H and O–H groups in total. The van der Waals surface area contributed by atoms with E-state index in [0.29, 0.717) is 10.0 Å². The smallest absolute Gasteiger partial charge is 0.341 e. The van der Waals surface area contributed by atoms with Crippen molar-refractivity contribution in [2.45, 2.75) is 24.2 Å². The van der Waals surface area contributed by atoms with Crippen LogP contribution in [0.15, 0.2) is 64.9 Å². The van der Waals surface area contributed by atoms with Gasteiger partial charge >= 0.3 is 5.97 Å². The third-order valence-electron chi connectivity index (χ3n) is 4.26. The summed E-state index contributed by atoms with van der Waals surface area (Å²) < 4.78 is 33.1. The number of benzene rings is 2. The molecule has 3 aromatic rings. The Morgan fingerprint density at radius 1 is 1.00 bits per heavy atom. The van der Waals surface area contributed by atoms with Crippen molar-refractivity contribution >= 4 is 56.2 Å². The zero-order chi connectivity index (χ0) is 22.6. The highest BCUT2D eigenvalue weighted by Crippen LogP contribution is 2.28. The molecule has 7 nitrogen and oxygen atoms in total. The zero-order valence-electron chi connectivity index (χ0n) is 16.6. The van der Waals surface area contributed by atoms with Crippen LogP contribution in [0.25, 0.3) is 0 Å². The van der Waals surface area contributed by atoms with Crippen LogP contribution in [0, 0.1) is 6.92 Å². The number of ether oxygens (including phenoxy) is 1. The molecule has 1 atom stereocenters. The van der Waals surface area contributed by atoms with E-state index in [1.807, 2.05) is 19.1 Å². The molecular weight excluding hydrogens is 460 g/mol. The van der Waals surface area contributed by atoms with Gasteiger partial charge in [-0.3, -0.25) is 9.52 Å². The van der Waals surface area contributed by atoms with Gasteiger partial charge in [-0.15, -0.1) is 11.3 Å². The average Bonchev–Trinajstić information content (AvgIpc) is 3.17. The first-order valence-electron chi connectivity index (χ1n) is 9.12. The lowest BCUT2D eigenvalue weighted by Crippen LogP contribution is -2.30. The molecule has 0 saturated heterocycles. The van der Waals surface area contributed by atoms with Gasteiger partial charge in [0.15, 0.2) is 6.10 Å². The first-order valence-corrected chi connectivity index (χ1v) is 11.8. The van der Waals surface area contributed by atoms with Crippen LogP contribution in [0.3, 0.4) is 0 Å². The van der Waals surface area contributed by atoms with Gasteiger partial charge in [0.1, 0.15) is 4.21 Å². The molecule has 1 unspecified atom stereocenters. The van der Waals surface area contributed by atoms with Crippen molar-refractivity contribution in [2.75, 3.05) is 10.0 Å². The van der Waals surface area contributed by atoms with Crippen molar-refractivity contribution in [3.8, 4) is 0 Å². The van der Waals surface area contributed by atoms with Crippen LogP contribution < -0.4 is 10.0 Å². The molecule has 0 aliphatic rings. The lowest BCUT2D eigenvalue weighted by atomic mass is 10.2. The fourth-order valence-corrected chi connectivity index (χ4v) is 5.17. The summed E-state index contributed by atoms with van der Waals surface area (Å²) in [7, 11) is -3.94. The van der Waals surface area contributed by atoms with Gasteiger partial charge in [-0.25, -0.2) is 13.2 Å². The Bertz CT molecular complexity index is 1220. The third kappa shape index (κ3) is 5.63. The minimum absolute atomic E-state index is 0.00615. The summed E-state index contributed by atoms with van der Waals surface area (Å²) in [5.74, 6) is -1.34. The van der Waals surface area contributed by atoms with Crippen molar-refractivity contribution in [2.24, 2.45) is 0 Å². The number of para-hydroxylation sites is 2. The molecule has 162 valence electrons. The Morgan fingerprint density at radius 2 is 1.65 bits per heavy atom. The molecule has 3 rings (SSSR count). The Balaban J connectivity index is 1.73. The van der Waals surface area contributed by atoms with E-state index in [4.69, 9.17) is 16.3 Å². The maximum Gasteiger partial charge on any atom is 0.341 e. The van der Waals surface area contributed by atoms with Crippen LogP contribution in [-0.2, 0) is 19.6 Å². The van der Waals surface area contributed by atoms with E-state index in [-0.39, 0.29) is 15.5 Å². The summed E-state index contributed by atoms with van der Waals surface area (Å²) in [5, 5.41) is 2.70. The molecule has 1 amide bonds. The molecule has 31 heavy (non-hydrogen) atoms. The highest BCUT2D eigenvalue weighted by atomic mass is 35.5. The lowest BCUT2D eigenvalue weighted by Gasteiger charge is -2.16. The number of aryl methyl sites for hydroxylation is 1. The summed E-state index contributed by atoms with van der Waals surface area (Å²) in [6.07, 6.45) is -1.10. The molecule has 0 aliphatic carbocycles. The second-order valence-electron chi connectivity index (χ2n) is 6.56. The maximum atomic E-state index is 12.7. The van der Waals surface area contributed by atoms with Gasteiger partial charge in [-0.05, 0) is 49.7 Å². The summed E-state index contributed by atoms with van der Waals surface area (Å²) in [4.78, 5) is 25.1. The van der Waals surface area contributed by atoms with Crippen molar-refractivity contribution < 1.29 is 22.7 Å².